The molecule has 0 aromatic heterocycles. The number of benzene rings is 3. The molecule has 0 fully saturated rings. The summed E-state index contributed by atoms with van der Waals surface area (Å²) in [6, 6.07) is 21.4. The first-order valence-corrected chi connectivity index (χ1v) is 10.1. The number of hydrazone groups is 1. The maximum Gasteiger partial charge on any atom is 0.215 e. The van der Waals surface area contributed by atoms with Crippen LogP contribution in [0.3, 0.4) is 0 Å². The van der Waals surface area contributed by atoms with Crippen molar-refractivity contribution >= 4 is 40.5 Å². The van der Waals surface area contributed by atoms with E-state index in [0.29, 0.717) is 20.8 Å². The molecule has 2 atom stereocenters. The Kier molecular flexibility index (Phi) is 4.47. The summed E-state index contributed by atoms with van der Waals surface area (Å²) >= 11 is 19.3. The van der Waals surface area contributed by atoms with Gasteiger partial charge in [0.1, 0.15) is 5.75 Å². The summed E-state index contributed by atoms with van der Waals surface area (Å²) in [6.07, 6.45) is 0.268. The van der Waals surface area contributed by atoms with Crippen LogP contribution in [0.5, 0.6) is 5.75 Å². The molecule has 2 heterocycles. The molecule has 3 nitrogen and oxygen atoms in total. The van der Waals surface area contributed by atoms with Crippen molar-refractivity contribution in [2.24, 2.45) is 5.10 Å². The maximum absolute atomic E-state index is 6.49. The minimum Gasteiger partial charge on any atom is -0.463 e. The highest BCUT2D eigenvalue weighted by molar-refractivity contribution is 6.35. The average Bonchev–Trinajstić information content (AvgIpc) is 3.15. The summed E-state index contributed by atoms with van der Waals surface area (Å²) < 4.78 is 6.33. The quantitative estimate of drug-likeness (QED) is 0.443. The van der Waals surface area contributed by atoms with Gasteiger partial charge in [0.25, 0.3) is 0 Å². The van der Waals surface area contributed by atoms with E-state index in [9.17, 15) is 0 Å². The molecule has 0 radical (unpaired) electrons. The molecule has 2 aliphatic heterocycles. The number of halogens is 3. The third-order valence-electron chi connectivity index (χ3n) is 5.09. The lowest BCUT2D eigenvalue weighted by atomic mass is 9.96. The maximum atomic E-state index is 6.49. The van der Waals surface area contributed by atoms with Gasteiger partial charge in [-0.1, -0.05) is 83.3 Å². The Balaban J connectivity index is 1.66. The molecule has 0 saturated heterocycles. The summed E-state index contributed by atoms with van der Waals surface area (Å²) in [5, 5.41) is 8.59. The molecule has 28 heavy (non-hydrogen) atoms. The highest BCUT2D eigenvalue weighted by Crippen LogP contribution is 2.51. The van der Waals surface area contributed by atoms with Gasteiger partial charge < -0.3 is 4.74 Å². The highest BCUT2D eigenvalue weighted by Gasteiger charge is 2.42. The summed E-state index contributed by atoms with van der Waals surface area (Å²) in [4.78, 5) is 0. The Hall–Kier alpha value is -2.20. The van der Waals surface area contributed by atoms with Gasteiger partial charge in [-0.05, 0) is 23.8 Å². The van der Waals surface area contributed by atoms with E-state index in [4.69, 9.17) is 44.6 Å². The number of nitrogens with zero attached hydrogens (tertiary/aromatic N) is 2. The molecule has 140 valence electrons. The van der Waals surface area contributed by atoms with Crippen LogP contribution in [-0.4, -0.2) is 10.7 Å². The third kappa shape index (κ3) is 2.95. The fourth-order valence-corrected chi connectivity index (χ4v) is 4.58. The summed E-state index contributed by atoms with van der Waals surface area (Å²) in [6.45, 7) is 0. The van der Waals surface area contributed by atoms with E-state index in [1.54, 1.807) is 6.07 Å². The van der Waals surface area contributed by atoms with E-state index in [-0.39, 0.29) is 6.04 Å². The average molecular weight is 430 g/mol. The number of hydrogen-bond acceptors (Lipinski definition) is 3. The Morgan fingerprint density at radius 2 is 1.61 bits per heavy atom. The number of ether oxygens (including phenoxy) is 1. The Morgan fingerprint density at radius 1 is 0.857 bits per heavy atom. The van der Waals surface area contributed by atoms with Crippen molar-refractivity contribution in [3.63, 3.8) is 0 Å². The van der Waals surface area contributed by atoms with Crippen molar-refractivity contribution in [1.29, 1.82) is 0 Å². The van der Waals surface area contributed by atoms with Crippen molar-refractivity contribution in [3.8, 4) is 5.75 Å². The lowest BCUT2D eigenvalue weighted by Gasteiger charge is -2.38. The molecule has 0 bridgehead atoms. The van der Waals surface area contributed by atoms with Crippen LogP contribution in [0.1, 0.15) is 35.4 Å². The highest BCUT2D eigenvalue weighted by atomic mass is 35.5. The smallest absolute Gasteiger partial charge is 0.215 e. The van der Waals surface area contributed by atoms with Gasteiger partial charge in [-0.15, -0.1) is 0 Å². The van der Waals surface area contributed by atoms with Crippen LogP contribution < -0.4 is 4.74 Å². The molecule has 6 heteroatoms. The predicted molar refractivity (Wildman–Crippen MR) is 113 cm³/mol. The molecular formula is C22H15Cl3N2O. The number of rotatable bonds is 2. The van der Waals surface area contributed by atoms with Gasteiger partial charge in [-0.25, -0.2) is 5.01 Å². The number of hydrogen-bond donors (Lipinski definition) is 0. The van der Waals surface area contributed by atoms with E-state index in [0.717, 1.165) is 28.8 Å². The topological polar surface area (TPSA) is 24.8 Å². The Bertz CT molecular complexity index is 1080. The van der Waals surface area contributed by atoms with Gasteiger partial charge in [0.05, 0.1) is 16.8 Å². The van der Waals surface area contributed by atoms with Crippen LogP contribution in [0.25, 0.3) is 0 Å². The lowest BCUT2D eigenvalue weighted by molar-refractivity contribution is -0.0188. The molecule has 0 saturated carbocycles. The zero-order chi connectivity index (χ0) is 19.3. The molecule has 0 spiro atoms. The second-order valence-electron chi connectivity index (χ2n) is 6.81. The normalized spacial score (nSPS) is 20.2. The van der Waals surface area contributed by atoms with Gasteiger partial charge in [-0.3, -0.25) is 0 Å². The van der Waals surface area contributed by atoms with Crippen LogP contribution in [0.15, 0.2) is 71.8 Å². The first kappa shape index (κ1) is 17.9. The molecular weight excluding hydrogens is 415 g/mol. The van der Waals surface area contributed by atoms with Crippen LogP contribution in [0.2, 0.25) is 15.1 Å². The second-order valence-corrected chi connectivity index (χ2v) is 8.06. The van der Waals surface area contributed by atoms with E-state index < -0.39 is 6.23 Å². The minimum absolute atomic E-state index is 0.0311. The molecule has 5 rings (SSSR count). The van der Waals surface area contributed by atoms with Gasteiger partial charge in [0, 0.05) is 27.6 Å². The fraction of sp³-hybridized carbons (Fsp3) is 0.136. The van der Waals surface area contributed by atoms with Crippen LogP contribution in [0.4, 0.5) is 0 Å². The van der Waals surface area contributed by atoms with Gasteiger partial charge >= 0.3 is 0 Å². The van der Waals surface area contributed by atoms with Crippen molar-refractivity contribution in [3.05, 3.63) is 98.5 Å². The van der Waals surface area contributed by atoms with Crippen molar-refractivity contribution in [2.45, 2.75) is 18.7 Å². The predicted octanol–water partition coefficient (Wildman–Crippen LogP) is 6.89. The Labute approximate surface area is 178 Å². The van der Waals surface area contributed by atoms with E-state index in [2.05, 4.69) is 12.1 Å². The SMILES string of the molecule is Clc1cc(Cl)c2c(c1)[C@H]1CC(c3ccccc3)=NN1[C@@H](c1ccccc1Cl)O2. The first-order valence-electron chi connectivity index (χ1n) is 8.93. The molecule has 3 aromatic rings. The van der Waals surface area contributed by atoms with Gasteiger partial charge in [0.15, 0.2) is 0 Å². The fourth-order valence-electron chi connectivity index (χ4n) is 3.80. The van der Waals surface area contributed by atoms with E-state index in [1.165, 1.54) is 0 Å². The third-order valence-corrected chi connectivity index (χ3v) is 5.93. The van der Waals surface area contributed by atoms with Crippen LogP contribution in [-0.2, 0) is 0 Å². The molecule has 0 amide bonds. The summed E-state index contributed by atoms with van der Waals surface area (Å²) in [7, 11) is 0. The lowest BCUT2D eigenvalue weighted by Crippen LogP contribution is -2.34. The van der Waals surface area contributed by atoms with E-state index in [1.807, 2.05) is 53.5 Å². The molecule has 3 aromatic carbocycles. The van der Waals surface area contributed by atoms with Crippen molar-refractivity contribution < 1.29 is 4.74 Å². The van der Waals surface area contributed by atoms with Crippen molar-refractivity contribution in [2.75, 3.05) is 0 Å². The molecule has 0 N–H and O–H groups in total. The largest absolute Gasteiger partial charge is 0.463 e. The van der Waals surface area contributed by atoms with Crippen molar-refractivity contribution in [1.82, 2.24) is 5.01 Å². The Morgan fingerprint density at radius 3 is 2.39 bits per heavy atom. The van der Waals surface area contributed by atoms with Gasteiger partial charge in [0.2, 0.25) is 6.23 Å². The van der Waals surface area contributed by atoms with Crippen LogP contribution in [0, 0.1) is 0 Å². The number of fused-ring (bicyclic) bond motifs is 3. The molecule has 2 aliphatic rings. The molecule has 0 aliphatic carbocycles. The monoisotopic (exact) mass is 428 g/mol. The summed E-state index contributed by atoms with van der Waals surface area (Å²) in [5.41, 5.74) is 3.87. The minimum atomic E-state index is -0.467. The van der Waals surface area contributed by atoms with E-state index >= 15 is 0 Å². The molecule has 0 unspecified atom stereocenters. The first-order chi connectivity index (χ1) is 13.6. The standard InChI is InChI=1S/C22H15Cl3N2O/c23-14-10-16-20-12-19(13-6-2-1-3-7-13)26-27(20)22(28-21(16)18(25)11-14)15-8-4-5-9-17(15)24/h1-11,20,22H,12H2/t20-,22-/m1/s1. The van der Waals surface area contributed by atoms with Crippen LogP contribution >= 0.6 is 34.8 Å². The zero-order valence-corrected chi connectivity index (χ0v) is 16.9. The summed E-state index contributed by atoms with van der Waals surface area (Å²) in [5.74, 6) is 0.641. The van der Waals surface area contributed by atoms with Gasteiger partial charge in [-0.2, -0.15) is 5.10 Å². The zero-order valence-electron chi connectivity index (χ0n) is 14.6. The second kappa shape index (κ2) is 7.00.